The van der Waals surface area contributed by atoms with Gasteiger partial charge in [-0.2, -0.15) is 0 Å². The third kappa shape index (κ3) is 3.82. The van der Waals surface area contributed by atoms with Gasteiger partial charge in [0.15, 0.2) is 0 Å². The smallest absolute Gasteiger partial charge is 0.0233 e. The lowest BCUT2D eigenvalue weighted by molar-refractivity contribution is 0.297. The highest BCUT2D eigenvalue weighted by Gasteiger charge is 2.14. The van der Waals surface area contributed by atoms with Gasteiger partial charge in [0, 0.05) is 6.54 Å². The quantitative estimate of drug-likeness (QED) is 0.859. The maximum Gasteiger partial charge on any atom is 0.0233 e. The summed E-state index contributed by atoms with van der Waals surface area (Å²) in [7, 11) is 2.24. The second-order valence-corrected chi connectivity index (χ2v) is 5.82. The highest BCUT2D eigenvalue weighted by molar-refractivity contribution is 5.30. The van der Waals surface area contributed by atoms with Crippen LogP contribution in [0.4, 0.5) is 0 Å². The zero-order valence-electron chi connectivity index (χ0n) is 12.0. The van der Waals surface area contributed by atoms with Crippen LogP contribution in [-0.4, -0.2) is 31.6 Å². The van der Waals surface area contributed by atoms with Gasteiger partial charge in [-0.05, 0) is 70.4 Å². The Morgan fingerprint density at radius 3 is 2.83 bits per heavy atom. The third-order valence-electron chi connectivity index (χ3n) is 4.02. The van der Waals surface area contributed by atoms with Gasteiger partial charge in [-0.3, -0.25) is 0 Å². The average molecular weight is 246 g/mol. The van der Waals surface area contributed by atoms with Gasteiger partial charge >= 0.3 is 0 Å². The van der Waals surface area contributed by atoms with Crippen LogP contribution in [0.2, 0.25) is 0 Å². The molecule has 2 heteroatoms. The Kier molecular flexibility index (Phi) is 4.79. The molecule has 1 aromatic rings. The van der Waals surface area contributed by atoms with Crippen LogP contribution in [0.5, 0.6) is 0 Å². The number of aryl methyl sites for hydroxylation is 2. The largest absolute Gasteiger partial charge is 0.316 e. The van der Waals surface area contributed by atoms with E-state index in [2.05, 4.69) is 49.3 Å². The van der Waals surface area contributed by atoms with Crippen molar-refractivity contribution >= 4 is 0 Å². The van der Waals surface area contributed by atoms with E-state index in [0.29, 0.717) is 0 Å². The lowest BCUT2D eigenvalue weighted by Gasteiger charge is -2.20. The Labute approximate surface area is 111 Å². The van der Waals surface area contributed by atoms with Crippen molar-refractivity contribution in [2.75, 3.05) is 26.7 Å². The lowest BCUT2D eigenvalue weighted by Crippen LogP contribution is -2.22. The van der Waals surface area contributed by atoms with E-state index in [1.807, 2.05) is 0 Å². The summed E-state index contributed by atoms with van der Waals surface area (Å²) in [5.41, 5.74) is 4.24. The van der Waals surface area contributed by atoms with Gasteiger partial charge in [0.25, 0.3) is 0 Å². The number of hydrogen-bond acceptors (Lipinski definition) is 2. The number of benzene rings is 1. The van der Waals surface area contributed by atoms with E-state index < -0.39 is 0 Å². The molecule has 0 bridgehead atoms. The first-order valence-electron chi connectivity index (χ1n) is 7.10. The number of hydrogen-bond donors (Lipinski definition) is 1. The van der Waals surface area contributed by atoms with Gasteiger partial charge in [-0.1, -0.05) is 23.8 Å². The zero-order valence-corrected chi connectivity index (χ0v) is 12.0. The zero-order chi connectivity index (χ0) is 13.0. The molecule has 1 unspecified atom stereocenters. The monoisotopic (exact) mass is 246 g/mol. The van der Waals surface area contributed by atoms with Crippen molar-refractivity contribution in [3.8, 4) is 0 Å². The molecule has 2 rings (SSSR count). The van der Waals surface area contributed by atoms with Crippen LogP contribution in [0, 0.1) is 19.8 Å². The number of nitrogens with one attached hydrogen (secondary N) is 1. The summed E-state index contributed by atoms with van der Waals surface area (Å²) in [5, 5.41) is 3.44. The Hall–Kier alpha value is -0.860. The van der Waals surface area contributed by atoms with Crippen LogP contribution in [0.15, 0.2) is 18.2 Å². The Bertz CT molecular complexity index is 381. The van der Waals surface area contributed by atoms with E-state index >= 15 is 0 Å². The lowest BCUT2D eigenvalue weighted by atomic mass is 10.0. The Morgan fingerprint density at radius 1 is 1.33 bits per heavy atom. The highest BCUT2D eigenvalue weighted by Crippen LogP contribution is 2.15. The summed E-state index contributed by atoms with van der Waals surface area (Å²) in [6.07, 6.45) is 2.69. The van der Waals surface area contributed by atoms with E-state index in [4.69, 9.17) is 0 Å². The van der Waals surface area contributed by atoms with E-state index in [0.717, 1.165) is 12.5 Å². The molecule has 1 heterocycles. The minimum absolute atomic E-state index is 0.895. The predicted molar refractivity (Wildman–Crippen MR) is 77.8 cm³/mol. The molecule has 1 saturated heterocycles. The summed E-state index contributed by atoms with van der Waals surface area (Å²) in [5.74, 6) is 0.895. The standard InChI is InChI=1S/C16H26N2/c1-13-4-5-16(14(2)10-13)12-18(3)9-7-15-6-8-17-11-15/h4-5,10,15,17H,6-9,11-12H2,1-3H3. The second kappa shape index (κ2) is 6.35. The van der Waals surface area contributed by atoms with E-state index in [1.165, 1.54) is 49.2 Å². The molecule has 1 aromatic carbocycles. The van der Waals surface area contributed by atoms with Crippen molar-refractivity contribution in [3.05, 3.63) is 34.9 Å². The molecule has 0 saturated carbocycles. The second-order valence-electron chi connectivity index (χ2n) is 5.82. The molecule has 1 atom stereocenters. The fraction of sp³-hybridized carbons (Fsp3) is 0.625. The van der Waals surface area contributed by atoms with Crippen molar-refractivity contribution in [1.82, 2.24) is 10.2 Å². The molecule has 0 aliphatic carbocycles. The van der Waals surface area contributed by atoms with Gasteiger partial charge in [0.2, 0.25) is 0 Å². The summed E-state index contributed by atoms with van der Waals surface area (Å²) in [6.45, 7) is 9.10. The maximum atomic E-state index is 3.44. The van der Waals surface area contributed by atoms with Crippen molar-refractivity contribution in [2.45, 2.75) is 33.2 Å². The fourth-order valence-electron chi connectivity index (χ4n) is 2.76. The molecule has 0 aromatic heterocycles. The van der Waals surface area contributed by atoms with Crippen LogP contribution in [-0.2, 0) is 6.54 Å². The summed E-state index contributed by atoms with van der Waals surface area (Å²) in [4.78, 5) is 2.45. The molecular formula is C16H26N2. The number of nitrogens with zero attached hydrogens (tertiary/aromatic N) is 1. The highest BCUT2D eigenvalue weighted by atomic mass is 15.1. The fourth-order valence-corrected chi connectivity index (χ4v) is 2.76. The number of rotatable bonds is 5. The van der Waals surface area contributed by atoms with Crippen LogP contribution in [0.3, 0.4) is 0 Å². The normalized spacial score (nSPS) is 19.7. The topological polar surface area (TPSA) is 15.3 Å². The molecular weight excluding hydrogens is 220 g/mol. The predicted octanol–water partition coefficient (Wildman–Crippen LogP) is 2.73. The van der Waals surface area contributed by atoms with Gasteiger partial charge in [0.1, 0.15) is 0 Å². The molecule has 100 valence electrons. The first-order chi connectivity index (χ1) is 8.65. The third-order valence-corrected chi connectivity index (χ3v) is 4.02. The van der Waals surface area contributed by atoms with Crippen LogP contribution >= 0.6 is 0 Å². The molecule has 1 aliphatic rings. The Balaban J connectivity index is 1.80. The molecule has 1 fully saturated rings. The Morgan fingerprint density at radius 2 is 2.17 bits per heavy atom. The first kappa shape index (κ1) is 13.6. The van der Waals surface area contributed by atoms with Crippen molar-refractivity contribution in [2.24, 2.45) is 5.92 Å². The van der Waals surface area contributed by atoms with Gasteiger partial charge in [-0.25, -0.2) is 0 Å². The summed E-state index contributed by atoms with van der Waals surface area (Å²) < 4.78 is 0. The van der Waals surface area contributed by atoms with E-state index in [-0.39, 0.29) is 0 Å². The van der Waals surface area contributed by atoms with E-state index in [1.54, 1.807) is 0 Å². The molecule has 18 heavy (non-hydrogen) atoms. The van der Waals surface area contributed by atoms with Gasteiger partial charge in [0.05, 0.1) is 0 Å². The average Bonchev–Trinajstić information content (AvgIpc) is 2.83. The van der Waals surface area contributed by atoms with Crippen LogP contribution < -0.4 is 5.32 Å². The van der Waals surface area contributed by atoms with Crippen molar-refractivity contribution in [1.29, 1.82) is 0 Å². The molecule has 0 spiro atoms. The molecule has 0 amide bonds. The van der Waals surface area contributed by atoms with Crippen molar-refractivity contribution < 1.29 is 0 Å². The van der Waals surface area contributed by atoms with Gasteiger partial charge < -0.3 is 10.2 Å². The molecule has 1 N–H and O–H groups in total. The maximum absolute atomic E-state index is 3.44. The van der Waals surface area contributed by atoms with Crippen LogP contribution in [0.1, 0.15) is 29.5 Å². The van der Waals surface area contributed by atoms with Crippen molar-refractivity contribution in [3.63, 3.8) is 0 Å². The summed E-state index contributed by atoms with van der Waals surface area (Å²) >= 11 is 0. The van der Waals surface area contributed by atoms with Gasteiger partial charge in [-0.15, -0.1) is 0 Å². The van der Waals surface area contributed by atoms with E-state index in [9.17, 15) is 0 Å². The molecule has 0 radical (unpaired) electrons. The first-order valence-corrected chi connectivity index (χ1v) is 7.10. The minimum atomic E-state index is 0.895. The molecule has 2 nitrogen and oxygen atoms in total. The summed E-state index contributed by atoms with van der Waals surface area (Å²) in [6, 6.07) is 6.78. The molecule has 1 aliphatic heterocycles. The SMILES string of the molecule is Cc1ccc(CN(C)CCC2CCNC2)c(C)c1. The minimum Gasteiger partial charge on any atom is -0.316 e. The van der Waals surface area contributed by atoms with Crippen LogP contribution in [0.25, 0.3) is 0 Å².